The van der Waals surface area contributed by atoms with E-state index in [9.17, 15) is 0 Å². The van der Waals surface area contributed by atoms with Gasteiger partial charge in [0.15, 0.2) is 12.4 Å². The van der Waals surface area contributed by atoms with Crippen LogP contribution in [0.1, 0.15) is 11.1 Å². The van der Waals surface area contributed by atoms with E-state index < -0.39 is 0 Å². The molecule has 0 N–H and O–H groups in total. The Kier molecular flexibility index (Phi) is 9.95. The van der Waals surface area contributed by atoms with Crippen LogP contribution in [0.4, 0.5) is 11.4 Å². The fourth-order valence-corrected chi connectivity index (χ4v) is 9.85. The van der Waals surface area contributed by atoms with Crippen LogP contribution in [0.2, 0.25) is 0 Å². The van der Waals surface area contributed by atoms with Gasteiger partial charge in [0.25, 0.3) is 0 Å². The van der Waals surface area contributed by atoms with E-state index in [0.717, 1.165) is 13.3 Å². The Morgan fingerprint density at radius 1 is 0.303 bits per heavy atom. The molecule has 0 radical (unpaired) electrons. The Morgan fingerprint density at radius 2 is 0.682 bits per heavy atom. The highest BCUT2D eigenvalue weighted by atomic mass is 15.2. The molecule has 4 heterocycles. The lowest BCUT2D eigenvalue weighted by Crippen LogP contribution is -2.19. The zero-order valence-electron chi connectivity index (χ0n) is 36.5. The number of aromatic nitrogens is 2. The molecule has 0 saturated heterocycles. The van der Waals surface area contributed by atoms with Crippen molar-refractivity contribution in [2.45, 2.75) is 13.3 Å². The molecule has 2 aromatic heterocycles. The summed E-state index contributed by atoms with van der Waals surface area (Å²) in [6, 6.07) is 82.6. The average Bonchev–Trinajstić information content (AvgIpc) is 4.03. The molecule has 9 aromatic carbocycles. The van der Waals surface area contributed by atoms with E-state index in [1.807, 2.05) is 0 Å². The summed E-state index contributed by atoms with van der Waals surface area (Å²) in [6.07, 6.45) is 8.99. The van der Waals surface area contributed by atoms with Crippen molar-refractivity contribution < 1.29 is 9.15 Å². The quantitative estimate of drug-likeness (QED) is 0.142. The number of nitrogens with zero attached hydrogens (tertiary/aromatic N) is 4. The second kappa shape index (κ2) is 16.8. The minimum Gasteiger partial charge on any atom is -0.291 e. The van der Waals surface area contributed by atoms with E-state index in [4.69, 9.17) is 0 Å². The van der Waals surface area contributed by atoms with Gasteiger partial charge < -0.3 is 0 Å². The van der Waals surface area contributed by atoms with Crippen molar-refractivity contribution in [3.8, 4) is 55.6 Å². The molecule has 312 valence electrons. The van der Waals surface area contributed by atoms with E-state index >= 15 is 0 Å². The molecular weight excluding hydrogens is 801 g/mol. The minimum absolute atomic E-state index is 0.769. The highest BCUT2D eigenvalue weighted by molar-refractivity contribution is 6.00. The number of hydrogen-bond acceptors (Lipinski definition) is 0. The standard InChI is InChI=1S/C34H25N2.C28H21N2/c1-4-11-25(12-5-1)30-21-31(26-13-6-2-7-14-26)34(32(22-30)27-15-8-3-9-16-27)36-23-29-18-10-17-28-19-20-35(24-36)33(28)29;1-3-8-21(9-4-1)25-16-26(22-10-5-2-6-11-22)18-27(17-25)30-19-24-13-7-12-23-14-15-29(20-30)28(23)24/h1-23H,24H2;1-19H,20H2/q2*+1. The Morgan fingerprint density at radius 3 is 1.12 bits per heavy atom. The number of para-hydroxylation sites is 2. The molecule has 11 aromatic rings. The lowest BCUT2D eigenvalue weighted by Gasteiger charge is -2.19. The third kappa shape index (κ3) is 7.35. The minimum atomic E-state index is 0.769. The smallest absolute Gasteiger partial charge is 0.228 e. The number of benzene rings is 9. The first-order valence-corrected chi connectivity index (χ1v) is 22.7. The van der Waals surface area contributed by atoms with Gasteiger partial charge in [-0.1, -0.05) is 176 Å². The van der Waals surface area contributed by atoms with Crippen LogP contribution in [0.5, 0.6) is 0 Å². The van der Waals surface area contributed by atoms with Crippen molar-refractivity contribution in [2.75, 3.05) is 0 Å². The maximum Gasteiger partial charge on any atom is 0.228 e. The van der Waals surface area contributed by atoms with Crippen LogP contribution < -0.4 is 0 Å². The Hall–Kier alpha value is -8.60. The molecule has 0 saturated carbocycles. The van der Waals surface area contributed by atoms with Gasteiger partial charge in [-0.05, 0) is 87.0 Å². The van der Waals surface area contributed by atoms with Gasteiger partial charge in [0, 0.05) is 35.3 Å². The largest absolute Gasteiger partial charge is 0.291 e. The van der Waals surface area contributed by atoms with Gasteiger partial charge in [-0.2, -0.15) is 9.15 Å². The number of rotatable bonds is 7. The molecule has 4 heteroatoms. The lowest BCUT2D eigenvalue weighted by molar-refractivity contribution is -0.471. The lowest BCUT2D eigenvalue weighted by atomic mass is 9.90. The first kappa shape index (κ1) is 39.0. The maximum atomic E-state index is 2.42. The molecule has 2 aliphatic rings. The molecule has 0 bridgehead atoms. The van der Waals surface area contributed by atoms with E-state index in [2.05, 4.69) is 274 Å². The van der Waals surface area contributed by atoms with Crippen molar-refractivity contribution in [3.63, 3.8) is 0 Å². The van der Waals surface area contributed by atoms with Gasteiger partial charge >= 0.3 is 0 Å². The molecular formula is C62H46N4+2. The normalized spacial score (nSPS) is 12.6. The summed E-state index contributed by atoms with van der Waals surface area (Å²) < 4.78 is 9.46. The van der Waals surface area contributed by atoms with Gasteiger partial charge in [0.1, 0.15) is 0 Å². The third-order valence-electron chi connectivity index (χ3n) is 13.0. The van der Waals surface area contributed by atoms with E-state index in [0.29, 0.717) is 0 Å². The molecule has 0 spiro atoms. The molecule has 0 aliphatic carbocycles. The molecule has 0 fully saturated rings. The molecule has 66 heavy (non-hydrogen) atoms. The molecule has 4 nitrogen and oxygen atoms in total. The van der Waals surface area contributed by atoms with Crippen molar-refractivity contribution >= 4 is 45.6 Å². The van der Waals surface area contributed by atoms with Crippen LogP contribution in [-0.4, -0.2) is 30.7 Å². The molecule has 0 amide bonds. The highest BCUT2D eigenvalue weighted by Crippen LogP contribution is 2.44. The molecule has 2 aliphatic heterocycles. The van der Waals surface area contributed by atoms with Crippen LogP contribution in [0.15, 0.2) is 243 Å². The van der Waals surface area contributed by atoms with Crippen molar-refractivity contribution in [3.05, 3.63) is 254 Å². The summed E-state index contributed by atoms with van der Waals surface area (Å²) in [5.41, 5.74) is 19.8. The van der Waals surface area contributed by atoms with Crippen LogP contribution >= 0.6 is 0 Å². The summed E-state index contributed by atoms with van der Waals surface area (Å²) in [6.45, 7) is 1.58. The van der Waals surface area contributed by atoms with E-state index in [1.54, 1.807) is 0 Å². The van der Waals surface area contributed by atoms with Gasteiger partial charge in [-0.15, -0.1) is 0 Å². The topological polar surface area (TPSA) is 15.9 Å². The van der Waals surface area contributed by atoms with Crippen LogP contribution in [-0.2, 0) is 13.3 Å². The summed E-state index contributed by atoms with van der Waals surface area (Å²) in [4.78, 5) is 0. The van der Waals surface area contributed by atoms with Crippen LogP contribution in [0, 0.1) is 0 Å². The van der Waals surface area contributed by atoms with Gasteiger partial charge in [0.05, 0.1) is 33.3 Å². The van der Waals surface area contributed by atoms with Crippen LogP contribution in [0.25, 0.3) is 77.4 Å². The first-order valence-electron chi connectivity index (χ1n) is 22.7. The summed E-state index contributed by atoms with van der Waals surface area (Å²) in [5.74, 6) is 0. The third-order valence-corrected chi connectivity index (χ3v) is 13.0. The molecule has 0 atom stereocenters. The van der Waals surface area contributed by atoms with Crippen molar-refractivity contribution in [2.24, 2.45) is 0 Å². The van der Waals surface area contributed by atoms with Gasteiger partial charge in [0.2, 0.25) is 24.7 Å². The Labute approximate surface area is 385 Å². The predicted molar refractivity (Wildman–Crippen MR) is 274 cm³/mol. The zero-order valence-corrected chi connectivity index (χ0v) is 36.5. The molecule has 13 rings (SSSR count). The van der Waals surface area contributed by atoms with Crippen molar-refractivity contribution in [1.82, 2.24) is 9.13 Å². The average molecular weight is 847 g/mol. The Bertz CT molecular complexity index is 3480. The summed E-state index contributed by atoms with van der Waals surface area (Å²) in [7, 11) is 0. The molecule has 0 unspecified atom stereocenters. The van der Waals surface area contributed by atoms with Crippen molar-refractivity contribution in [1.29, 1.82) is 0 Å². The second-order valence-electron chi connectivity index (χ2n) is 17.1. The SMILES string of the molecule is C1=[N+](c2c(-c3ccccc3)cc(-c3ccccc3)cc2-c2ccccc2)Cn2ccc3cccc1c32.C1=[N+](c2cc(-c3ccccc3)cc(-c3ccccc3)c2)Cn2ccc3cccc1c32. The van der Waals surface area contributed by atoms with Gasteiger partial charge in [-0.25, -0.2) is 0 Å². The van der Waals surface area contributed by atoms with E-state index in [-0.39, 0.29) is 0 Å². The Balaban J connectivity index is 0.000000141. The van der Waals surface area contributed by atoms with Crippen LogP contribution in [0.3, 0.4) is 0 Å². The number of hydrogen-bond donors (Lipinski definition) is 0. The fourth-order valence-electron chi connectivity index (χ4n) is 9.85. The summed E-state index contributed by atoms with van der Waals surface area (Å²) >= 11 is 0. The first-order chi connectivity index (χ1) is 32.7. The van der Waals surface area contributed by atoms with E-state index in [1.165, 1.54) is 99.9 Å². The fraction of sp³-hybridized carbons (Fsp3) is 0.0323. The summed E-state index contributed by atoms with van der Waals surface area (Å²) in [5, 5.41) is 2.58. The van der Waals surface area contributed by atoms with Gasteiger partial charge in [-0.3, -0.25) is 9.13 Å². The zero-order chi connectivity index (χ0) is 43.8. The highest BCUT2D eigenvalue weighted by Gasteiger charge is 2.28. The predicted octanol–water partition coefficient (Wildman–Crippen LogP) is 15.1. The second-order valence-corrected chi connectivity index (χ2v) is 17.1. The maximum absolute atomic E-state index is 2.42. The monoisotopic (exact) mass is 846 g/mol.